The van der Waals surface area contributed by atoms with Crippen molar-refractivity contribution in [2.75, 3.05) is 11.9 Å². The second-order valence-electron chi connectivity index (χ2n) is 6.75. The van der Waals surface area contributed by atoms with Crippen molar-refractivity contribution in [1.29, 1.82) is 0 Å². The Hall–Kier alpha value is -2.72. The Bertz CT molecular complexity index is 996. The van der Waals surface area contributed by atoms with Gasteiger partial charge in [-0.1, -0.05) is 6.92 Å². The van der Waals surface area contributed by atoms with E-state index in [2.05, 4.69) is 15.1 Å². The monoisotopic (exact) mass is 422 g/mol. The van der Waals surface area contributed by atoms with Gasteiger partial charge in [0.2, 0.25) is 10.0 Å². The number of hydrogen-bond acceptors (Lipinski definition) is 6. The number of nitrogens with zero attached hydrogens (tertiary/aromatic N) is 2. The number of carbonyl (C=O) groups excluding carboxylic acids is 2. The largest absolute Gasteiger partial charge is 0.452 e. The van der Waals surface area contributed by atoms with E-state index >= 15 is 0 Å². The Morgan fingerprint density at radius 1 is 1.21 bits per heavy atom. The highest BCUT2D eigenvalue weighted by molar-refractivity contribution is 7.89. The number of nitrogens with one attached hydrogen (secondary N) is 2. The highest BCUT2D eigenvalue weighted by Gasteiger charge is 2.18. The third kappa shape index (κ3) is 5.64. The average molecular weight is 423 g/mol. The SMILES string of the molecule is CC[C@H](C)NS(=O)(=O)c1ccc(C(=O)OCC(=O)Nc2c(C)nn(C)c2C)cc1. The number of amides is 1. The van der Waals surface area contributed by atoms with E-state index in [9.17, 15) is 18.0 Å². The summed E-state index contributed by atoms with van der Waals surface area (Å²) in [5, 5.41) is 6.87. The fourth-order valence-electron chi connectivity index (χ4n) is 2.53. The predicted octanol–water partition coefficient (Wildman–Crippen LogP) is 1.91. The number of ether oxygens (including phenoxy) is 1. The van der Waals surface area contributed by atoms with Gasteiger partial charge in [0.15, 0.2) is 6.61 Å². The number of benzene rings is 1. The maximum atomic E-state index is 12.2. The van der Waals surface area contributed by atoms with Crippen LogP contribution in [0.25, 0.3) is 0 Å². The van der Waals surface area contributed by atoms with Crippen LogP contribution in [0, 0.1) is 13.8 Å². The van der Waals surface area contributed by atoms with Gasteiger partial charge in [-0.25, -0.2) is 17.9 Å². The zero-order chi connectivity index (χ0) is 21.8. The molecule has 1 aromatic heterocycles. The van der Waals surface area contributed by atoms with Gasteiger partial charge in [-0.05, 0) is 51.5 Å². The fraction of sp³-hybridized carbons (Fsp3) is 0.421. The molecule has 1 amide bonds. The smallest absolute Gasteiger partial charge is 0.338 e. The van der Waals surface area contributed by atoms with E-state index in [1.54, 1.807) is 25.6 Å². The molecule has 0 spiro atoms. The molecular formula is C19H26N4O5S. The molecule has 0 unspecified atom stereocenters. The lowest BCUT2D eigenvalue weighted by Gasteiger charge is -2.12. The molecule has 0 saturated heterocycles. The minimum atomic E-state index is -3.65. The molecule has 1 atom stereocenters. The van der Waals surface area contributed by atoms with Crippen LogP contribution in [0.4, 0.5) is 5.69 Å². The summed E-state index contributed by atoms with van der Waals surface area (Å²) < 4.78 is 33.7. The van der Waals surface area contributed by atoms with E-state index in [1.807, 2.05) is 13.8 Å². The first kappa shape index (κ1) is 22.6. The second kappa shape index (κ2) is 9.19. The molecule has 10 heteroatoms. The second-order valence-corrected chi connectivity index (χ2v) is 8.46. The lowest BCUT2D eigenvalue weighted by Crippen LogP contribution is -2.32. The van der Waals surface area contributed by atoms with Crippen molar-refractivity contribution in [2.45, 2.75) is 45.1 Å². The number of aromatic nitrogens is 2. The van der Waals surface area contributed by atoms with Crippen molar-refractivity contribution < 1.29 is 22.7 Å². The highest BCUT2D eigenvalue weighted by atomic mass is 32.2. The molecule has 2 N–H and O–H groups in total. The zero-order valence-corrected chi connectivity index (χ0v) is 18.0. The molecule has 0 bridgehead atoms. The molecule has 0 aliphatic heterocycles. The van der Waals surface area contributed by atoms with Crippen LogP contribution in [0.5, 0.6) is 0 Å². The summed E-state index contributed by atoms with van der Waals surface area (Å²) in [6.45, 7) is 6.75. The number of anilines is 1. The molecule has 0 saturated carbocycles. The number of carbonyl (C=O) groups is 2. The number of hydrogen-bond donors (Lipinski definition) is 2. The van der Waals surface area contributed by atoms with Gasteiger partial charge in [-0.15, -0.1) is 0 Å². The van der Waals surface area contributed by atoms with Crippen molar-refractivity contribution in [1.82, 2.24) is 14.5 Å². The van der Waals surface area contributed by atoms with Crippen molar-refractivity contribution in [2.24, 2.45) is 7.05 Å². The topological polar surface area (TPSA) is 119 Å². The minimum absolute atomic E-state index is 0.0506. The molecule has 0 fully saturated rings. The van der Waals surface area contributed by atoms with E-state index in [0.717, 1.165) is 5.69 Å². The van der Waals surface area contributed by atoms with Gasteiger partial charge in [0.1, 0.15) is 0 Å². The highest BCUT2D eigenvalue weighted by Crippen LogP contribution is 2.18. The van der Waals surface area contributed by atoms with Crippen LogP contribution >= 0.6 is 0 Å². The van der Waals surface area contributed by atoms with Gasteiger partial charge in [0.25, 0.3) is 5.91 Å². The van der Waals surface area contributed by atoms with Crippen LogP contribution in [0.2, 0.25) is 0 Å². The van der Waals surface area contributed by atoms with Crippen molar-refractivity contribution in [3.05, 3.63) is 41.2 Å². The summed E-state index contributed by atoms with van der Waals surface area (Å²) >= 11 is 0. The Kier molecular flexibility index (Phi) is 7.15. The first-order valence-corrected chi connectivity index (χ1v) is 10.6. The van der Waals surface area contributed by atoms with Crippen molar-refractivity contribution in [3.63, 3.8) is 0 Å². The standard InChI is InChI=1S/C19H26N4O5S/c1-6-12(2)22-29(26,27)16-9-7-15(8-10-16)19(25)28-11-17(24)20-18-13(3)21-23(5)14(18)4/h7-10,12,22H,6,11H2,1-5H3,(H,20,24)/t12-/m0/s1. The van der Waals surface area contributed by atoms with Crippen LogP contribution in [-0.4, -0.2) is 42.7 Å². The lowest BCUT2D eigenvalue weighted by atomic mass is 10.2. The molecular weight excluding hydrogens is 396 g/mol. The molecule has 0 aliphatic carbocycles. The normalized spacial score (nSPS) is 12.4. The third-order valence-electron chi connectivity index (χ3n) is 4.48. The molecule has 0 aliphatic rings. The fourth-order valence-corrected chi connectivity index (χ4v) is 3.86. The third-order valence-corrected chi connectivity index (χ3v) is 6.08. The molecule has 29 heavy (non-hydrogen) atoms. The Morgan fingerprint density at radius 3 is 2.34 bits per heavy atom. The van der Waals surface area contributed by atoms with Crippen molar-refractivity contribution in [3.8, 4) is 0 Å². The van der Waals surface area contributed by atoms with Crippen molar-refractivity contribution >= 4 is 27.6 Å². The number of aryl methyl sites for hydroxylation is 2. The molecule has 1 heterocycles. The van der Waals surface area contributed by atoms with Gasteiger partial charge in [-0.3, -0.25) is 9.48 Å². The van der Waals surface area contributed by atoms with Gasteiger partial charge in [0.05, 0.1) is 27.5 Å². The molecule has 0 radical (unpaired) electrons. The predicted molar refractivity (Wildman–Crippen MR) is 108 cm³/mol. The van der Waals surface area contributed by atoms with E-state index in [4.69, 9.17) is 4.74 Å². The van der Waals surface area contributed by atoms with Gasteiger partial charge in [0, 0.05) is 13.1 Å². The summed E-state index contributed by atoms with van der Waals surface area (Å²) in [5.74, 6) is -1.21. The lowest BCUT2D eigenvalue weighted by molar-refractivity contribution is -0.119. The summed E-state index contributed by atoms with van der Waals surface area (Å²) in [5.41, 5.74) is 2.17. The molecule has 2 aromatic rings. The van der Waals surface area contributed by atoms with Crippen LogP contribution in [-0.2, 0) is 26.6 Å². The Labute approximate surface area is 170 Å². The molecule has 1 aromatic carbocycles. The Morgan fingerprint density at radius 2 is 1.83 bits per heavy atom. The first-order chi connectivity index (χ1) is 13.5. The first-order valence-electron chi connectivity index (χ1n) is 9.14. The number of esters is 1. The van der Waals surface area contributed by atoms with E-state index in [-0.39, 0.29) is 16.5 Å². The molecule has 9 nitrogen and oxygen atoms in total. The quantitative estimate of drug-likeness (QED) is 0.627. The number of rotatable bonds is 8. The van der Waals surface area contributed by atoms with Crippen LogP contribution in [0.15, 0.2) is 29.2 Å². The van der Waals surface area contributed by atoms with E-state index in [0.29, 0.717) is 17.8 Å². The Balaban J connectivity index is 1.96. The maximum Gasteiger partial charge on any atom is 0.338 e. The maximum absolute atomic E-state index is 12.2. The summed E-state index contributed by atoms with van der Waals surface area (Å²) in [7, 11) is -1.89. The molecule has 158 valence electrons. The summed E-state index contributed by atoms with van der Waals surface area (Å²) in [6.07, 6.45) is 0.657. The number of sulfonamides is 1. The van der Waals surface area contributed by atoms with Gasteiger partial charge < -0.3 is 10.1 Å². The van der Waals surface area contributed by atoms with Crippen LogP contribution in [0.3, 0.4) is 0 Å². The zero-order valence-electron chi connectivity index (χ0n) is 17.1. The van der Waals surface area contributed by atoms with Crippen LogP contribution in [0.1, 0.15) is 42.0 Å². The minimum Gasteiger partial charge on any atom is -0.452 e. The summed E-state index contributed by atoms with van der Waals surface area (Å²) in [4.78, 5) is 24.3. The van der Waals surface area contributed by atoms with Gasteiger partial charge in [-0.2, -0.15) is 5.10 Å². The summed E-state index contributed by atoms with van der Waals surface area (Å²) in [6, 6.07) is 5.14. The van der Waals surface area contributed by atoms with Gasteiger partial charge >= 0.3 is 5.97 Å². The molecule has 2 rings (SSSR count). The average Bonchev–Trinajstić information content (AvgIpc) is 2.91. The van der Waals surface area contributed by atoms with E-state index < -0.39 is 28.5 Å². The van der Waals surface area contributed by atoms with E-state index in [1.165, 1.54) is 24.3 Å². The van der Waals surface area contributed by atoms with Crippen LogP contribution < -0.4 is 10.0 Å².